The normalized spacial score (nSPS) is 16.5. The predicted molar refractivity (Wildman–Crippen MR) is 108 cm³/mol. The molecule has 0 unspecified atom stereocenters. The summed E-state index contributed by atoms with van der Waals surface area (Å²) in [5.74, 6) is -0.323. The number of amides is 2. The summed E-state index contributed by atoms with van der Waals surface area (Å²) >= 11 is 3.26. The number of hydrogen-bond acceptors (Lipinski definition) is 6. The van der Waals surface area contributed by atoms with E-state index in [1.807, 2.05) is 22.9 Å². The van der Waals surface area contributed by atoms with Crippen LogP contribution >= 0.6 is 22.7 Å². The smallest absolute Gasteiger partial charge is 0.262 e. The first-order valence-electron chi connectivity index (χ1n) is 8.73. The number of rotatable bonds is 7. The molecule has 1 aliphatic rings. The number of thiophene rings is 2. The van der Waals surface area contributed by atoms with Crippen LogP contribution in [-0.4, -0.2) is 54.2 Å². The molecule has 0 aliphatic carbocycles. The second kappa shape index (κ2) is 8.77. The van der Waals surface area contributed by atoms with E-state index in [1.165, 1.54) is 11.8 Å². The van der Waals surface area contributed by atoms with Crippen molar-refractivity contribution in [3.05, 3.63) is 44.3 Å². The fraction of sp³-hybridized carbons (Fsp3) is 0.421. The molecular weight excluding hydrogens is 382 g/mol. The zero-order valence-corrected chi connectivity index (χ0v) is 17.3. The molecule has 0 saturated heterocycles. The van der Waals surface area contributed by atoms with Gasteiger partial charge in [-0.1, -0.05) is 6.07 Å². The van der Waals surface area contributed by atoms with Crippen LogP contribution in [0.25, 0.3) is 0 Å². The van der Waals surface area contributed by atoms with Crippen molar-refractivity contribution in [2.24, 2.45) is 5.10 Å². The van der Waals surface area contributed by atoms with E-state index in [-0.39, 0.29) is 24.4 Å². The molecule has 0 spiro atoms. The number of carbonyl (C=O) groups excluding carboxylic acids is 2. The van der Waals surface area contributed by atoms with Gasteiger partial charge < -0.3 is 9.64 Å². The van der Waals surface area contributed by atoms with Gasteiger partial charge in [0.05, 0.1) is 23.2 Å². The van der Waals surface area contributed by atoms with Crippen molar-refractivity contribution < 1.29 is 14.3 Å². The van der Waals surface area contributed by atoms with E-state index in [0.29, 0.717) is 19.6 Å². The molecular formula is C19H23N3O3S2. The number of carbonyl (C=O) groups is 2. The Morgan fingerprint density at radius 2 is 2.15 bits per heavy atom. The van der Waals surface area contributed by atoms with Gasteiger partial charge >= 0.3 is 0 Å². The van der Waals surface area contributed by atoms with Gasteiger partial charge in [0, 0.05) is 31.9 Å². The third kappa shape index (κ3) is 4.45. The summed E-state index contributed by atoms with van der Waals surface area (Å²) < 4.78 is 5.05. The summed E-state index contributed by atoms with van der Waals surface area (Å²) in [4.78, 5) is 28.7. The van der Waals surface area contributed by atoms with Gasteiger partial charge in [0.1, 0.15) is 6.54 Å². The van der Waals surface area contributed by atoms with E-state index in [4.69, 9.17) is 4.74 Å². The molecule has 6 nitrogen and oxygen atoms in total. The molecule has 0 aromatic carbocycles. The average Bonchev–Trinajstić information content (AvgIpc) is 3.37. The molecule has 144 valence electrons. The largest absolute Gasteiger partial charge is 0.383 e. The molecule has 0 bridgehead atoms. The fourth-order valence-corrected chi connectivity index (χ4v) is 4.78. The Morgan fingerprint density at radius 3 is 2.74 bits per heavy atom. The highest BCUT2D eigenvalue weighted by Crippen LogP contribution is 2.37. The zero-order valence-electron chi connectivity index (χ0n) is 15.7. The van der Waals surface area contributed by atoms with Crippen LogP contribution in [0.5, 0.6) is 0 Å². The van der Waals surface area contributed by atoms with Crippen LogP contribution in [0.2, 0.25) is 0 Å². The number of hydrazone groups is 1. The number of ether oxygens (including phenoxy) is 1. The Morgan fingerprint density at radius 1 is 1.33 bits per heavy atom. The quantitative estimate of drug-likeness (QED) is 0.710. The van der Waals surface area contributed by atoms with Gasteiger partial charge in [-0.05, 0) is 35.4 Å². The van der Waals surface area contributed by atoms with Crippen LogP contribution < -0.4 is 0 Å². The lowest BCUT2D eigenvalue weighted by molar-refractivity contribution is -0.141. The Bertz CT molecular complexity index is 829. The summed E-state index contributed by atoms with van der Waals surface area (Å²) in [6, 6.07) is 5.95. The van der Waals surface area contributed by atoms with Gasteiger partial charge in [-0.3, -0.25) is 9.59 Å². The highest BCUT2D eigenvalue weighted by Gasteiger charge is 2.35. The van der Waals surface area contributed by atoms with E-state index in [9.17, 15) is 9.59 Å². The van der Waals surface area contributed by atoms with Crippen molar-refractivity contribution >= 4 is 40.2 Å². The van der Waals surface area contributed by atoms with E-state index >= 15 is 0 Å². The molecule has 3 rings (SSSR count). The molecule has 3 heterocycles. The molecule has 0 saturated carbocycles. The SMILES string of the molecule is COCCN(CC(=O)N1N=C(c2cccs2)C[C@H]1c1sccc1C)C(C)=O. The van der Waals surface area contributed by atoms with Crippen molar-refractivity contribution in [1.29, 1.82) is 0 Å². The zero-order chi connectivity index (χ0) is 19.4. The lowest BCUT2D eigenvalue weighted by atomic mass is 10.1. The van der Waals surface area contributed by atoms with E-state index in [2.05, 4.69) is 18.1 Å². The molecule has 0 N–H and O–H groups in total. The van der Waals surface area contributed by atoms with Gasteiger partial charge in [-0.2, -0.15) is 5.10 Å². The van der Waals surface area contributed by atoms with E-state index in [1.54, 1.807) is 34.8 Å². The molecule has 8 heteroatoms. The van der Waals surface area contributed by atoms with Crippen LogP contribution in [0.3, 0.4) is 0 Å². The van der Waals surface area contributed by atoms with Crippen LogP contribution in [0.4, 0.5) is 0 Å². The van der Waals surface area contributed by atoms with Gasteiger partial charge in [0.15, 0.2) is 0 Å². The average molecular weight is 406 g/mol. The highest BCUT2D eigenvalue weighted by molar-refractivity contribution is 7.12. The van der Waals surface area contributed by atoms with Crippen molar-refractivity contribution in [3.8, 4) is 0 Å². The maximum absolute atomic E-state index is 13.0. The van der Waals surface area contributed by atoms with E-state index < -0.39 is 0 Å². The molecule has 2 amide bonds. The number of methoxy groups -OCH3 is 1. The summed E-state index contributed by atoms with van der Waals surface area (Å²) in [6.07, 6.45) is 0.686. The molecule has 1 aliphatic heterocycles. The molecule has 0 radical (unpaired) electrons. The lowest BCUT2D eigenvalue weighted by Crippen LogP contribution is -2.41. The van der Waals surface area contributed by atoms with Crippen LogP contribution in [0, 0.1) is 6.92 Å². The molecule has 0 fully saturated rings. The minimum atomic E-state index is -0.175. The Hall–Kier alpha value is -2.03. The Kier molecular flexibility index (Phi) is 6.41. The maximum Gasteiger partial charge on any atom is 0.262 e. The van der Waals surface area contributed by atoms with Gasteiger partial charge in [0.25, 0.3) is 5.91 Å². The molecule has 2 aromatic heterocycles. The first kappa shape index (κ1) is 19.7. The van der Waals surface area contributed by atoms with Gasteiger partial charge in [-0.15, -0.1) is 22.7 Å². The highest BCUT2D eigenvalue weighted by atomic mass is 32.1. The monoisotopic (exact) mass is 405 g/mol. The van der Waals surface area contributed by atoms with Crippen LogP contribution in [0.1, 0.15) is 34.7 Å². The third-order valence-electron chi connectivity index (χ3n) is 4.51. The minimum absolute atomic E-state index is 0.000830. The molecule has 27 heavy (non-hydrogen) atoms. The van der Waals surface area contributed by atoms with Crippen LogP contribution in [-0.2, 0) is 14.3 Å². The Labute approximate surface area is 167 Å². The predicted octanol–water partition coefficient (Wildman–Crippen LogP) is 3.29. The number of hydrogen-bond donors (Lipinski definition) is 0. The van der Waals surface area contributed by atoms with Gasteiger partial charge in [0.2, 0.25) is 5.91 Å². The summed E-state index contributed by atoms with van der Waals surface area (Å²) in [5, 5.41) is 10.3. The summed E-state index contributed by atoms with van der Waals surface area (Å²) in [5.41, 5.74) is 2.08. The standard InChI is InChI=1S/C19H23N3O3S2/c1-13-6-10-27-19(13)16-11-15(17-5-4-9-26-17)20-22(16)18(24)12-21(14(2)23)7-8-25-3/h4-6,9-10,16H,7-8,11-12H2,1-3H3/t16-/m0/s1. The lowest BCUT2D eigenvalue weighted by Gasteiger charge is -2.26. The second-order valence-electron chi connectivity index (χ2n) is 6.38. The first-order valence-corrected chi connectivity index (χ1v) is 10.5. The van der Waals surface area contributed by atoms with Crippen molar-refractivity contribution in [1.82, 2.24) is 9.91 Å². The second-order valence-corrected chi connectivity index (χ2v) is 8.28. The summed E-state index contributed by atoms with van der Waals surface area (Å²) in [6.45, 7) is 4.30. The van der Waals surface area contributed by atoms with Gasteiger partial charge in [-0.25, -0.2) is 5.01 Å². The molecule has 1 atom stereocenters. The molecule has 2 aromatic rings. The van der Waals surface area contributed by atoms with E-state index in [0.717, 1.165) is 21.0 Å². The van der Waals surface area contributed by atoms with Crippen LogP contribution in [0.15, 0.2) is 34.1 Å². The van der Waals surface area contributed by atoms with Crippen molar-refractivity contribution in [3.63, 3.8) is 0 Å². The van der Waals surface area contributed by atoms with Crippen molar-refractivity contribution in [2.75, 3.05) is 26.8 Å². The summed E-state index contributed by atoms with van der Waals surface area (Å²) in [7, 11) is 1.58. The van der Waals surface area contributed by atoms with Crippen molar-refractivity contribution in [2.45, 2.75) is 26.3 Å². The third-order valence-corrected chi connectivity index (χ3v) is 6.55. The number of aryl methyl sites for hydroxylation is 1. The Balaban J connectivity index is 1.84. The number of nitrogens with zero attached hydrogens (tertiary/aromatic N) is 3. The first-order chi connectivity index (χ1) is 13.0. The maximum atomic E-state index is 13.0. The minimum Gasteiger partial charge on any atom is -0.383 e. The topological polar surface area (TPSA) is 62.2 Å². The fourth-order valence-electron chi connectivity index (χ4n) is 3.05.